The lowest BCUT2D eigenvalue weighted by molar-refractivity contribution is -0.127. The SMILES string of the molecule is CC1=NN(C(=O)c2ccncc2)C(=O)[C@@H]1N=Nc1ccc(S(N)(=O)=O)cc1. The average molecular weight is 386 g/mol. The zero-order valence-corrected chi connectivity index (χ0v) is 14.9. The Balaban J connectivity index is 1.77. The van der Waals surface area contributed by atoms with Crippen LogP contribution in [0.5, 0.6) is 0 Å². The topological polar surface area (TPSA) is 148 Å². The van der Waals surface area contributed by atoms with Gasteiger partial charge in [-0.05, 0) is 43.3 Å². The Morgan fingerprint density at radius 2 is 1.78 bits per heavy atom. The summed E-state index contributed by atoms with van der Waals surface area (Å²) in [5.74, 6) is -1.21. The Bertz CT molecular complexity index is 1050. The smallest absolute Gasteiger partial charge is 0.269 e. The molecule has 1 aromatic heterocycles. The highest BCUT2D eigenvalue weighted by Crippen LogP contribution is 2.20. The fourth-order valence-corrected chi connectivity index (χ4v) is 2.79. The van der Waals surface area contributed by atoms with Gasteiger partial charge in [0.15, 0.2) is 6.04 Å². The number of primary sulfonamides is 1. The van der Waals surface area contributed by atoms with Crippen LogP contribution in [0, 0.1) is 0 Å². The number of nitrogens with two attached hydrogens (primary N) is 1. The predicted octanol–water partition coefficient (Wildman–Crippen LogP) is 1.24. The molecule has 0 aliphatic carbocycles. The fraction of sp³-hybridized carbons (Fsp3) is 0.125. The zero-order valence-electron chi connectivity index (χ0n) is 14.1. The number of hydrogen-bond acceptors (Lipinski definition) is 8. The van der Waals surface area contributed by atoms with Crippen molar-refractivity contribution in [3.05, 3.63) is 54.4 Å². The third kappa shape index (κ3) is 3.93. The van der Waals surface area contributed by atoms with Gasteiger partial charge in [0.2, 0.25) is 10.0 Å². The van der Waals surface area contributed by atoms with Crippen molar-refractivity contribution in [2.24, 2.45) is 20.5 Å². The number of pyridine rings is 1. The van der Waals surface area contributed by atoms with E-state index in [4.69, 9.17) is 5.14 Å². The van der Waals surface area contributed by atoms with Crippen LogP contribution in [0.1, 0.15) is 17.3 Å². The van der Waals surface area contributed by atoms with Crippen LogP contribution in [0.3, 0.4) is 0 Å². The maximum Gasteiger partial charge on any atom is 0.282 e. The summed E-state index contributed by atoms with van der Waals surface area (Å²) in [6, 6.07) is 7.27. The van der Waals surface area contributed by atoms with Gasteiger partial charge in [-0.2, -0.15) is 20.3 Å². The normalized spacial score (nSPS) is 17.4. The first-order valence-corrected chi connectivity index (χ1v) is 9.19. The summed E-state index contributed by atoms with van der Waals surface area (Å²) in [4.78, 5) is 28.6. The number of aromatic nitrogens is 1. The van der Waals surface area contributed by atoms with Crippen molar-refractivity contribution in [1.82, 2.24) is 9.99 Å². The Kier molecular flexibility index (Phi) is 4.88. The molecular weight excluding hydrogens is 372 g/mol. The number of imide groups is 1. The third-order valence-electron chi connectivity index (χ3n) is 3.67. The van der Waals surface area contributed by atoms with Crippen LogP contribution in [-0.2, 0) is 14.8 Å². The average Bonchev–Trinajstić information content (AvgIpc) is 2.93. The lowest BCUT2D eigenvalue weighted by Crippen LogP contribution is -2.34. The Hall–Kier alpha value is -3.31. The van der Waals surface area contributed by atoms with E-state index >= 15 is 0 Å². The highest BCUT2D eigenvalue weighted by atomic mass is 32.2. The maximum atomic E-state index is 12.5. The number of hydrazone groups is 1. The number of amides is 2. The van der Waals surface area contributed by atoms with Crippen LogP contribution in [0.25, 0.3) is 0 Å². The minimum absolute atomic E-state index is 0.0646. The maximum absolute atomic E-state index is 12.5. The van der Waals surface area contributed by atoms with Gasteiger partial charge in [-0.25, -0.2) is 13.6 Å². The van der Waals surface area contributed by atoms with E-state index in [1.165, 1.54) is 48.8 Å². The van der Waals surface area contributed by atoms with E-state index in [0.717, 1.165) is 5.01 Å². The first-order chi connectivity index (χ1) is 12.8. The molecule has 27 heavy (non-hydrogen) atoms. The standard InChI is InChI=1S/C16H14N6O4S/c1-10-14(20-19-12-2-4-13(5-3-12)27(17,25)26)16(24)22(21-10)15(23)11-6-8-18-9-7-11/h2-9,14H,1H3,(H2,17,25,26)/t14-/m1/s1. The first-order valence-electron chi connectivity index (χ1n) is 7.64. The highest BCUT2D eigenvalue weighted by molar-refractivity contribution is 7.89. The molecule has 0 unspecified atom stereocenters. The van der Waals surface area contributed by atoms with Crippen molar-refractivity contribution in [1.29, 1.82) is 0 Å². The van der Waals surface area contributed by atoms with E-state index < -0.39 is 27.9 Å². The summed E-state index contributed by atoms with van der Waals surface area (Å²) in [7, 11) is -3.81. The van der Waals surface area contributed by atoms with Gasteiger partial charge in [-0.15, -0.1) is 0 Å². The van der Waals surface area contributed by atoms with Gasteiger partial charge in [0.25, 0.3) is 11.8 Å². The van der Waals surface area contributed by atoms with E-state index in [1.807, 2.05) is 0 Å². The summed E-state index contributed by atoms with van der Waals surface area (Å²) in [5.41, 5.74) is 0.903. The minimum atomic E-state index is -3.81. The summed E-state index contributed by atoms with van der Waals surface area (Å²) in [6.45, 7) is 1.56. The van der Waals surface area contributed by atoms with Gasteiger partial charge in [-0.3, -0.25) is 14.6 Å². The van der Waals surface area contributed by atoms with Crippen molar-refractivity contribution >= 4 is 33.2 Å². The van der Waals surface area contributed by atoms with Crippen molar-refractivity contribution in [2.75, 3.05) is 0 Å². The fourth-order valence-electron chi connectivity index (χ4n) is 2.28. The molecule has 11 heteroatoms. The molecule has 2 heterocycles. The molecule has 1 aliphatic heterocycles. The van der Waals surface area contributed by atoms with Gasteiger partial charge >= 0.3 is 0 Å². The molecule has 0 fully saturated rings. The molecule has 3 rings (SSSR count). The molecule has 10 nitrogen and oxygen atoms in total. The number of rotatable bonds is 4. The molecule has 0 saturated heterocycles. The first kappa shape index (κ1) is 18.5. The summed E-state index contributed by atoms with van der Waals surface area (Å²) >= 11 is 0. The summed E-state index contributed by atoms with van der Waals surface area (Å²) < 4.78 is 22.5. The third-order valence-corrected chi connectivity index (χ3v) is 4.60. The molecule has 0 saturated carbocycles. The van der Waals surface area contributed by atoms with E-state index in [9.17, 15) is 18.0 Å². The van der Waals surface area contributed by atoms with Crippen molar-refractivity contribution in [3.63, 3.8) is 0 Å². The van der Waals surface area contributed by atoms with E-state index in [2.05, 4.69) is 20.3 Å². The van der Waals surface area contributed by atoms with Crippen LogP contribution in [-0.4, -0.2) is 42.0 Å². The second-order valence-electron chi connectivity index (χ2n) is 5.59. The lowest BCUT2D eigenvalue weighted by Gasteiger charge is -2.10. The summed E-state index contributed by atoms with van der Waals surface area (Å²) in [5, 5.41) is 17.6. The quantitative estimate of drug-likeness (QED) is 0.620. The predicted molar refractivity (Wildman–Crippen MR) is 94.6 cm³/mol. The molecule has 138 valence electrons. The Morgan fingerprint density at radius 1 is 1.15 bits per heavy atom. The van der Waals surface area contributed by atoms with Gasteiger partial charge in [0.05, 0.1) is 16.3 Å². The highest BCUT2D eigenvalue weighted by Gasteiger charge is 2.38. The van der Waals surface area contributed by atoms with Gasteiger partial charge < -0.3 is 0 Å². The largest absolute Gasteiger partial charge is 0.282 e. The van der Waals surface area contributed by atoms with Crippen LogP contribution in [0.15, 0.2) is 69.0 Å². The molecule has 2 N–H and O–H groups in total. The molecule has 0 bridgehead atoms. The zero-order chi connectivity index (χ0) is 19.6. The molecule has 0 radical (unpaired) electrons. The van der Waals surface area contributed by atoms with Crippen LogP contribution in [0.2, 0.25) is 0 Å². The molecule has 1 aromatic carbocycles. The van der Waals surface area contributed by atoms with Gasteiger partial charge in [-0.1, -0.05) is 0 Å². The molecule has 1 aliphatic rings. The molecule has 2 amide bonds. The Morgan fingerprint density at radius 3 is 2.37 bits per heavy atom. The second-order valence-corrected chi connectivity index (χ2v) is 7.15. The number of hydrogen-bond donors (Lipinski definition) is 1. The van der Waals surface area contributed by atoms with Crippen molar-refractivity contribution < 1.29 is 18.0 Å². The lowest BCUT2D eigenvalue weighted by atomic mass is 10.2. The molecular formula is C16H14N6O4S. The van der Waals surface area contributed by atoms with Crippen LogP contribution in [0.4, 0.5) is 5.69 Å². The number of benzene rings is 1. The number of nitrogens with zero attached hydrogens (tertiary/aromatic N) is 5. The number of azo groups is 1. The monoisotopic (exact) mass is 386 g/mol. The van der Waals surface area contributed by atoms with Crippen molar-refractivity contribution in [2.45, 2.75) is 17.9 Å². The van der Waals surface area contributed by atoms with Crippen LogP contribution < -0.4 is 5.14 Å². The second kappa shape index (κ2) is 7.13. The Labute approximate surface area is 154 Å². The van der Waals surface area contributed by atoms with E-state index in [0.29, 0.717) is 11.4 Å². The molecule has 2 aromatic rings. The number of carbonyl (C=O) groups is 2. The van der Waals surface area contributed by atoms with Crippen LogP contribution >= 0.6 is 0 Å². The van der Waals surface area contributed by atoms with Crippen molar-refractivity contribution in [3.8, 4) is 0 Å². The van der Waals surface area contributed by atoms with Gasteiger partial charge in [0, 0.05) is 18.0 Å². The molecule has 0 spiro atoms. The van der Waals surface area contributed by atoms with E-state index in [-0.39, 0.29) is 10.5 Å². The number of sulfonamides is 1. The molecule has 1 atom stereocenters. The van der Waals surface area contributed by atoms with E-state index in [1.54, 1.807) is 6.92 Å². The minimum Gasteiger partial charge on any atom is -0.269 e. The number of carbonyl (C=O) groups excluding carboxylic acids is 2. The summed E-state index contributed by atoms with van der Waals surface area (Å²) in [6.07, 6.45) is 2.87. The van der Waals surface area contributed by atoms with Gasteiger partial charge in [0.1, 0.15) is 0 Å².